The number of likely N-dealkylation sites (tertiary alicyclic amines) is 1. The molecule has 4 nitrogen and oxygen atoms in total. The number of likely N-dealkylation sites (N-methyl/N-ethyl adjacent to an activating group) is 1. The van der Waals surface area contributed by atoms with Crippen LogP contribution in [0.25, 0.3) is 11.3 Å². The summed E-state index contributed by atoms with van der Waals surface area (Å²) in [5, 5.41) is 3.68. The summed E-state index contributed by atoms with van der Waals surface area (Å²) in [5.74, 6) is 0.966. The number of fused-ring (bicyclic) bond motifs is 3. The number of carbonyl (C=O) groups excluding carboxylic acids is 1. The zero-order valence-corrected chi connectivity index (χ0v) is 13.2. The first-order valence-corrected chi connectivity index (χ1v) is 7.95. The van der Waals surface area contributed by atoms with Crippen molar-refractivity contribution in [1.29, 1.82) is 0 Å². The van der Waals surface area contributed by atoms with Crippen molar-refractivity contribution in [2.75, 3.05) is 26.7 Å². The number of benzene rings is 1. The van der Waals surface area contributed by atoms with Crippen molar-refractivity contribution in [3.63, 3.8) is 0 Å². The Labute approximate surface area is 134 Å². The monoisotopic (exact) mass is 315 g/mol. The van der Waals surface area contributed by atoms with E-state index in [2.05, 4.69) is 34.4 Å². The van der Waals surface area contributed by atoms with E-state index in [0.29, 0.717) is 17.0 Å². The second-order valence-corrected chi connectivity index (χ2v) is 6.73. The Hall–Kier alpha value is -1.78. The van der Waals surface area contributed by atoms with Gasteiger partial charge in [0.05, 0.1) is 0 Å². The van der Waals surface area contributed by atoms with Gasteiger partial charge in [-0.05, 0) is 42.3 Å². The van der Waals surface area contributed by atoms with Crippen molar-refractivity contribution in [3.8, 4) is 11.3 Å². The van der Waals surface area contributed by atoms with Crippen molar-refractivity contribution >= 4 is 17.5 Å². The number of aromatic amines is 1. The van der Waals surface area contributed by atoms with Crippen LogP contribution >= 0.6 is 11.6 Å². The van der Waals surface area contributed by atoms with E-state index in [1.54, 1.807) is 0 Å². The fourth-order valence-electron chi connectivity index (χ4n) is 3.75. The van der Waals surface area contributed by atoms with E-state index < -0.39 is 0 Å². The molecule has 0 unspecified atom stereocenters. The molecular weight excluding hydrogens is 298 g/mol. The summed E-state index contributed by atoms with van der Waals surface area (Å²) in [4.78, 5) is 17.9. The molecule has 114 valence electrons. The van der Waals surface area contributed by atoms with Crippen LogP contribution in [0.2, 0.25) is 5.15 Å². The van der Waals surface area contributed by atoms with Gasteiger partial charge in [-0.25, -0.2) is 0 Å². The molecule has 2 atom stereocenters. The number of nitrogens with one attached hydrogen (secondary N) is 2. The van der Waals surface area contributed by atoms with Gasteiger partial charge < -0.3 is 15.2 Å². The van der Waals surface area contributed by atoms with Crippen LogP contribution in [0.5, 0.6) is 0 Å². The number of carbonyl (C=O) groups is 1. The van der Waals surface area contributed by atoms with Crippen molar-refractivity contribution in [2.45, 2.75) is 5.92 Å². The molecule has 22 heavy (non-hydrogen) atoms. The molecule has 0 bridgehead atoms. The number of aromatic nitrogens is 1. The van der Waals surface area contributed by atoms with E-state index in [-0.39, 0.29) is 5.91 Å². The molecule has 1 saturated heterocycles. The summed E-state index contributed by atoms with van der Waals surface area (Å²) in [6, 6.07) is 9.93. The minimum Gasteiger partial charge on any atom is -0.352 e. The lowest BCUT2D eigenvalue weighted by atomic mass is 9.86. The second kappa shape index (κ2) is 5.14. The van der Waals surface area contributed by atoms with Crippen LogP contribution in [0, 0.1) is 5.92 Å². The van der Waals surface area contributed by atoms with Gasteiger partial charge in [0, 0.05) is 36.8 Å². The Morgan fingerprint density at radius 1 is 1.23 bits per heavy atom. The molecule has 5 heteroatoms. The average Bonchev–Trinajstić information content (AvgIpc) is 3.07. The van der Waals surface area contributed by atoms with Crippen LogP contribution in [-0.4, -0.2) is 42.5 Å². The smallest absolute Gasteiger partial charge is 0.251 e. The second-order valence-electron chi connectivity index (χ2n) is 6.32. The highest BCUT2D eigenvalue weighted by Gasteiger charge is 2.36. The zero-order chi connectivity index (χ0) is 15.3. The lowest BCUT2D eigenvalue weighted by Gasteiger charge is -2.16. The van der Waals surface area contributed by atoms with Crippen LogP contribution < -0.4 is 5.32 Å². The highest BCUT2D eigenvalue weighted by atomic mass is 35.5. The van der Waals surface area contributed by atoms with Crippen molar-refractivity contribution < 1.29 is 4.79 Å². The van der Waals surface area contributed by atoms with Gasteiger partial charge >= 0.3 is 0 Å². The molecule has 0 saturated carbocycles. The van der Waals surface area contributed by atoms with Crippen LogP contribution in [0.3, 0.4) is 0 Å². The van der Waals surface area contributed by atoms with Gasteiger partial charge in [0.25, 0.3) is 5.91 Å². The average molecular weight is 316 g/mol. The number of rotatable bonds is 1. The maximum absolute atomic E-state index is 12.4. The summed E-state index contributed by atoms with van der Waals surface area (Å²) < 4.78 is 0. The van der Waals surface area contributed by atoms with Crippen molar-refractivity contribution in [3.05, 3.63) is 46.6 Å². The fourth-order valence-corrected chi connectivity index (χ4v) is 3.91. The van der Waals surface area contributed by atoms with E-state index in [1.807, 2.05) is 18.2 Å². The highest BCUT2D eigenvalue weighted by Crippen LogP contribution is 2.37. The van der Waals surface area contributed by atoms with Crippen LogP contribution in [-0.2, 0) is 0 Å². The number of hydrogen-bond donors (Lipinski definition) is 2. The molecule has 2 aliphatic rings. The molecule has 1 amide bonds. The first-order valence-electron chi connectivity index (χ1n) is 7.57. The first kappa shape index (κ1) is 13.9. The third-order valence-corrected chi connectivity index (χ3v) is 5.03. The molecule has 2 aliphatic heterocycles. The standard InChI is InChI=1S/C17H18ClN3O/c1-21-8-11-7-19-17(22)13-6-10(15-4-5-16(18)20-15)2-3-12(13)14(11)9-21/h2-6,11,14,20H,7-9H2,1H3,(H,19,22)/t11-,14-/m0/s1. The molecule has 0 radical (unpaired) electrons. The minimum absolute atomic E-state index is 0.0338. The summed E-state index contributed by atoms with van der Waals surface area (Å²) in [6.45, 7) is 2.81. The number of halogens is 1. The van der Waals surface area contributed by atoms with Crippen LogP contribution in [0.15, 0.2) is 30.3 Å². The molecular formula is C17H18ClN3O. The topological polar surface area (TPSA) is 48.1 Å². The minimum atomic E-state index is 0.0338. The molecule has 3 heterocycles. The summed E-state index contributed by atoms with van der Waals surface area (Å²) in [7, 11) is 2.14. The molecule has 0 spiro atoms. The summed E-state index contributed by atoms with van der Waals surface area (Å²) >= 11 is 5.96. The van der Waals surface area contributed by atoms with Crippen LogP contribution in [0.4, 0.5) is 0 Å². The largest absolute Gasteiger partial charge is 0.352 e. The molecule has 1 aromatic heterocycles. The lowest BCUT2D eigenvalue weighted by Crippen LogP contribution is -2.29. The molecule has 1 aromatic carbocycles. The van der Waals surface area contributed by atoms with Gasteiger partial charge in [-0.1, -0.05) is 23.7 Å². The Morgan fingerprint density at radius 3 is 2.86 bits per heavy atom. The quantitative estimate of drug-likeness (QED) is 0.850. The van der Waals surface area contributed by atoms with E-state index in [0.717, 1.165) is 36.5 Å². The van der Waals surface area contributed by atoms with Crippen molar-refractivity contribution in [1.82, 2.24) is 15.2 Å². The first-order chi connectivity index (χ1) is 10.6. The molecule has 0 aliphatic carbocycles. The summed E-state index contributed by atoms with van der Waals surface area (Å²) in [5.41, 5.74) is 3.90. The summed E-state index contributed by atoms with van der Waals surface area (Å²) in [6.07, 6.45) is 0. The molecule has 2 aromatic rings. The molecule has 4 rings (SSSR count). The normalized spacial score (nSPS) is 24.5. The highest BCUT2D eigenvalue weighted by molar-refractivity contribution is 6.29. The van der Waals surface area contributed by atoms with E-state index in [4.69, 9.17) is 11.6 Å². The van der Waals surface area contributed by atoms with Gasteiger partial charge in [-0.15, -0.1) is 0 Å². The predicted octanol–water partition coefficient (Wildman–Crippen LogP) is 2.72. The number of amides is 1. The van der Waals surface area contributed by atoms with Gasteiger partial charge in [0.2, 0.25) is 0 Å². The van der Waals surface area contributed by atoms with Gasteiger partial charge in [-0.3, -0.25) is 4.79 Å². The van der Waals surface area contributed by atoms with E-state index >= 15 is 0 Å². The number of H-pyrrole nitrogens is 1. The Balaban J connectivity index is 1.79. The SMILES string of the molecule is CN1C[C@@H]2CNC(=O)c3cc(-c4ccc(Cl)[nH]4)ccc3[C@H]2C1. The molecule has 2 N–H and O–H groups in total. The number of hydrogen-bond acceptors (Lipinski definition) is 2. The predicted molar refractivity (Wildman–Crippen MR) is 87.3 cm³/mol. The maximum Gasteiger partial charge on any atom is 0.251 e. The van der Waals surface area contributed by atoms with Gasteiger partial charge in [0.15, 0.2) is 0 Å². The number of nitrogens with zero attached hydrogens (tertiary/aromatic N) is 1. The fraction of sp³-hybridized carbons (Fsp3) is 0.353. The van der Waals surface area contributed by atoms with Gasteiger partial charge in [0.1, 0.15) is 5.15 Å². The third-order valence-electron chi connectivity index (χ3n) is 4.81. The molecule has 1 fully saturated rings. The Morgan fingerprint density at radius 2 is 2.09 bits per heavy atom. The van der Waals surface area contributed by atoms with Crippen molar-refractivity contribution in [2.24, 2.45) is 5.92 Å². The van der Waals surface area contributed by atoms with E-state index in [1.165, 1.54) is 5.56 Å². The lowest BCUT2D eigenvalue weighted by molar-refractivity contribution is 0.0951. The zero-order valence-electron chi connectivity index (χ0n) is 12.4. The van der Waals surface area contributed by atoms with Gasteiger partial charge in [-0.2, -0.15) is 0 Å². The van der Waals surface area contributed by atoms with E-state index in [9.17, 15) is 4.79 Å². The maximum atomic E-state index is 12.4. The Bertz CT molecular complexity index is 739. The Kier molecular flexibility index (Phi) is 3.24. The van der Waals surface area contributed by atoms with Crippen LogP contribution in [0.1, 0.15) is 21.8 Å². The third kappa shape index (κ3) is 2.23.